The molecule has 29 heavy (non-hydrogen) atoms. The van der Waals surface area contributed by atoms with E-state index >= 15 is 0 Å². The molecule has 3 nitrogen and oxygen atoms in total. The molecule has 3 heteroatoms. The van der Waals surface area contributed by atoms with E-state index in [2.05, 4.69) is 72.5 Å². The summed E-state index contributed by atoms with van der Waals surface area (Å²) in [5.41, 5.74) is 2.12. The molecule has 0 bridgehead atoms. The summed E-state index contributed by atoms with van der Waals surface area (Å²) in [4.78, 5) is 15.2. The van der Waals surface area contributed by atoms with Crippen LogP contribution in [0.2, 0.25) is 0 Å². The number of hydrogen-bond acceptors (Lipinski definition) is 3. The first-order chi connectivity index (χ1) is 13.8. The lowest BCUT2D eigenvalue weighted by atomic mass is 9.98. The first kappa shape index (κ1) is 21.6. The predicted molar refractivity (Wildman–Crippen MR) is 118 cm³/mol. The Hall–Kier alpha value is -2.13. The van der Waals surface area contributed by atoms with E-state index in [0.717, 1.165) is 18.9 Å². The lowest BCUT2D eigenvalue weighted by molar-refractivity contribution is -0.156. The predicted octanol–water partition coefficient (Wildman–Crippen LogP) is 6.15. The fraction of sp³-hybridized carbons (Fsp3) is 0.500. The highest BCUT2D eigenvalue weighted by Gasteiger charge is 2.33. The van der Waals surface area contributed by atoms with Crippen molar-refractivity contribution in [3.63, 3.8) is 0 Å². The zero-order valence-corrected chi connectivity index (χ0v) is 18.3. The number of rotatable bonds is 9. The normalized spacial score (nSPS) is 16.4. The molecule has 0 radical (unpaired) electrons. The molecule has 1 fully saturated rings. The quantitative estimate of drug-likeness (QED) is 0.479. The van der Waals surface area contributed by atoms with Crippen molar-refractivity contribution < 1.29 is 9.53 Å². The minimum absolute atomic E-state index is 0.0959. The van der Waals surface area contributed by atoms with Crippen molar-refractivity contribution in [2.45, 2.75) is 77.6 Å². The number of nitrogens with zero attached hydrogens (tertiary/aromatic N) is 1. The number of benzene rings is 2. The summed E-state index contributed by atoms with van der Waals surface area (Å²) in [7, 11) is 0. The molecule has 0 unspecified atom stereocenters. The monoisotopic (exact) mass is 393 g/mol. The van der Waals surface area contributed by atoms with E-state index in [9.17, 15) is 4.79 Å². The van der Waals surface area contributed by atoms with Gasteiger partial charge in [-0.15, -0.1) is 0 Å². The summed E-state index contributed by atoms with van der Waals surface area (Å²) >= 11 is 0. The lowest BCUT2D eigenvalue weighted by Gasteiger charge is -2.37. The van der Waals surface area contributed by atoms with Crippen LogP contribution in [-0.2, 0) is 16.1 Å². The molecule has 0 amide bonds. The first-order valence-electron chi connectivity index (χ1n) is 10.9. The first-order valence-corrected chi connectivity index (χ1v) is 10.9. The minimum atomic E-state index is -0.448. The summed E-state index contributed by atoms with van der Waals surface area (Å²) in [5, 5.41) is 0. The van der Waals surface area contributed by atoms with Gasteiger partial charge in [-0.2, -0.15) is 0 Å². The maximum absolute atomic E-state index is 12.7. The Labute approximate surface area is 176 Å². The average molecular weight is 394 g/mol. The fourth-order valence-electron chi connectivity index (χ4n) is 3.95. The van der Waals surface area contributed by atoms with Crippen LogP contribution in [0, 0.1) is 5.92 Å². The Morgan fingerprint density at radius 2 is 1.62 bits per heavy atom. The highest BCUT2D eigenvalue weighted by atomic mass is 16.6. The van der Waals surface area contributed by atoms with E-state index in [4.69, 9.17) is 4.74 Å². The molecule has 0 heterocycles. The number of carbonyl (C=O) groups is 1. The van der Waals surface area contributed by atoms with Crippen molar-refractivity contribution in [2.75, 3.05) is 0 Å². The van der Waals surface area contributed by atoms with Gasteiger partial charge in [0.2, 0.25) is 0 Å². The minimum Gasteiger partial charge on any atom is -0.460 e. The van der Waals surface area contributed by atoms with Crippen LogP contribution < -0.4 is 0 Å². The molecule has 2 atom stereocenters. The van der Waals surface area contributed by atoms with E-state index in [1.807, 2.05) is 20.8 Å². The molecule has 0 saturated heterocycles. The lowest BCUT2D eigenvalue weighted by Crippen LogP contribution is -2.40. The zero-order chi connectivity index (χ0) is 20.9. The van der Waals surface area contributed by atoms with E-state index in [1.165, 1.54) is 24.0 Å². The van der Waals surface area contributed by atoms with Crippen LogP contribution >= 0.6 is 0 Å². The Kier molecular flexibility index (Phi) is 7.13. The van der Waals surface area contributed by atoms with Crippen molar-refractivity contribution in [3.05, 3.63) is 71.8 Å². The van der Waals surface area contributed by atoms with Crippen LogP contribution in [-0.4, -0.2) is 22.5 Å². The van der Waals surface area contributed by atoms with E-state index in [-0.39, 0.29) is 18.1 Å². The van der Waals surface area contributed by atoms with Crippen LogP contribution in [0.15, 0.2) is 60.7 Å². The highest BCUT2D eigenvalue weighted by Crippen LogP contribution is 2.38. The van der Waals surface area contributed by atoms with Gasteiger partial charge >= 0.3 is 5.97 Å². The number of hydrogen-bond donors (Lipinski definition) is 0. The molecule has 3 rings (SSSR count). The average Bonchev–Trinajstić information content (AvgIpc) is 3.49. The summed E-state index contributed by atoms with van der Waals surface area (Å²) < 4.78 is 5.69. The van der Waals surface area contributed by atoms with Gasteiger partial charge in [0, 0.05) is 18.6 Å². The molecule has 1 aliphatic carbocycles. The van der Waals surface area contributed by atoms with Gasteiger partial charge in [0.1, 0.15) is 5.60 Å². The van der Waals surface area contributed by atoms with E-state index < -0.39 is 5.60 Å². The molecule has 2 aromatic rings. The smallest absolute Gasteiger partial charge is 0.307 e. The molecular formula is C26H35NO2. The van der Waals surface area contributed by atoms with Crippen molar-refractivity contribution in [2.24, 2.45) is 5.92 Å². The van der Waals surface area contributed by atoms with E-state index in [0.29, 0.717) is 6.42 Å². The van der Waals surface area contributed by atoms with Crippen LogP contribution in [0.4, 0.5) is 0 Å². The van der Waals surface area contributed by atoms with Crippen molar-refractivity contribution >= 4 is 5.97 Å². The Bertz CT molecular complexity index is 762. The second-order valence-electron chi connectivity index (χ2n) is 9.37. The standard InChI is InChI=1S/C26H35NO2/c1-20(23-13-9-6-10-14-23)27(19-22-11-7-5-8-12-22)24(17-21-15-16-21)18-25(28)29-26(2,3)4/h5-14,20-21,24H,15-19H2,1-4H3/t20-,24-/m1/s1. The van der Waals surface area contributed by atoms with Crippen LogP contribution in [0.3, 0.4) is 0 Å². The van der Waals surface area contributed by atoms with Crippen LogP contribution in [0.1, 0.15) is 70.5 Å². The molecule has 0 aromatic heterocycles. The zero-order valence-electron chi connectivity index (χ0n) is 18.3. The molecular weight excluding hydrogens is 358 g/mol. The van der Waals surface area contributed by atoms with Gasteiger partial charge in [-0.25, -0.2) is 0 Å². The van der Waals surface area contributed by atoms with Gasteiger partial charge < -0.3 is 4.74 Å². The molecule has 0 N–H and O–H groups in total. The van der Waals surface area contributed by atoms with Gasteiger partial charge in [-0.05, 0) is 51.2 Å². The Balaban J connectivity index is 1.85. The summed E-state index contributed by atoms with van der Waals surface area (Å²) in [5.74, 6) is 0.644. The Morgan fingerprint density at radius 1 is 1.03 bits per heavy atom. The van der Waals surface area contributed by atoms with Crippen molar-refractivity contribution in [3.8, 4) is 0 Å². The van der Waals surface area contributed by atoms with Gasteiger partial charge in [0.25, 0.3) is 0 Å². The maximum atomic E-state index is 12.7. The molecule has 1 saturated carbocycles. The number of carbonyl (C=O) groups excluding carboxylic acids is 1. The van der Waals surface area contributed by atoms with Crippen LogP contribution in [0.25, 0.3) is 0 Å². The third-order valence-corrected chi connectivity index (χ3v) is 5.58. The van der Waals surface area contributed by atoms with E-state index in [1.54, 1.807) is 0 Å². The highest BCUT2D eigenvalue weighted by molar-refractivity contribution is 5.70. The van der Waals surface area contributed by atoms with Gasteiger partial charge in [0.05, 0.1) is 6.42 Å². The largest absolute Gasteiger partial charge is 0.460 e. The summed E-state index contributed by atoms with van der Waals surface area (Å²) in [6.45, 7) is 8.91. The molecule has 0 aliphatic heterocycles. The molecule has 0 spiro atoms. The van der Waals surface area contributed by atoms with Crippen LogP contribution in [0.5, 0.6) is 0 Å². The van der Waals surface area contributed by atoms with Crippen molar-refractivity contribution in [1.82, 2.24) is 4.90 Å². The Morgan fingerprint density at radius 3 is 2.17 bits per heavy atom. The number of esters is 1. The summed E-state index contributed by atoms with van der Waals surface area (Å²) in [6.07, 6.45) is 4.06. The maximum Gasteiger partial charge on any atom is 0.307 e. The topological polar surface area (TPSA) is 29.5 Å². The molecule has 2 aromatic carbocycles. The fourth-order valence-corrected chi connectivity index (χ4v) is 3.95. The third-order valence-electron chi connectivity index (χ3n) is 5.58. The SMILES string of the molecule is C[C@H](c1ccccc1)N(Cc1ccccc1)[C@@H](CC(=O)OC(C)(C)C)CC1CC1. The van der Waals surface area contributed by atoms with Gasteiger partial charge in [0.15, 0.2) is 0 Å². The third kappa shape index (κ3) is 7.01. The van der Waals surface area contributed by atoms with Gasteiger partial charge in [-0.3, -0.25) is 9.69 Å². The summed E-state index contributed by atoms with van der Waals surface area (Å²) in [6, 6.07) is 21.6. The van der Waals surface area contributed by atoms with Crippen molar-refractivity contribution in [1.29, 1.82) is 0 Å². The second-order valence-corrected chi connectivity index (χ2v) is 9.37. The molecule has 1 aliphatic rings. The second kappa shape index (κ2) is 9.58. The number of ether oxygens (including phenoxy) is 1. The molecule has 156 valence electrons. The van der Waals surface area contributed by atoms with Gasteiger partial charge in [-0.1, -0.05) is 73.5 Å².